The first kappa shape index (κ1) is 10.7. The SMILES string of the molecule is OCC1(c2ccc3c(c2)CCCS3)CCC1. The highest BCUT2D eigenvalue weighted by Gasteiger charge is 2.38. The van der Waals surface area contributed by atoms with Crippen LogP contribution in [0.2, 0.25) is 0 Å². The topological polar surface area (TPSA) is 20.2 Å². The quantitative estimate of drug-likeness (QED) is 0.848. The maximum absolute atomic E-state index is 9.59. The number of aryl methyl sites for hydroxylation is 1. The minimum Gasteiger partial charge on any atom is -0.395 e. The molecule has 0 amide bonds. The van der Waals surface area contributed by atoms with E-state index in [4.69, 9.17) is 0 Å². The van der Waals surface area contributed by atoms with Crippen molar-refractivity contribution in [1.29, 1.82) is 0 Å². The van der Waals surface area contributed by atoms with Crippen molar-refractivity contribution in [3.63, 3.8) is 0 Å². The van der Waals surface area contributed by atoms with Gasteiger partial charge in [-0.15, -0.1) is 11.8 Å². The van der Waals surface area contributed by atoms with Gasteiger partial charge in [0.2, 0.25) is 0 Å². The molecule has 2 aliphatic rings. The van der Waals surface area contributed by atoms with Crippen molar-refractivity contribution in [3.8, 4) is 0 Å². The van der Waals surface area contributed by atoms with Crippen molar-refractivity contribution < 1.29 is 5.11 Å². The summed E-state index contributed by atoms with van der Waals surface area (Å²) in [5.41, 5.74) is 2.99. The summed E-state index contributed by atoms with van der Waals surface area (Å²) >= 11 is 1.98. The Bertz CT molecular complexity index is 390. The zero-order chi connectivity index (χ0) is 11.0. The highest BCUT2D eigenvalue weighted by atomic mass is 32.2. The Hall–Kier alpha value is -0.470. The van der Waals surface area contributed by atoms with Crippen molar-refractivity contribution in [1.82, 2.24) is 0 Å². The molecule has 86 valence electrons. The Morgan fingerprint density at radius 3 is 2.81 bits per heavy atom. The predicted molar refractivity (Wildman–Crippen MR) is 68.1 cm³/mol. The molecule has 1 aliphatic carbocycles. The molecule has 1 aromatic rings. The molecule has 1 fully saturated rings. The predicted octanol–water partition coefficient (Wildman–Crippen LogP) is 3.14. The molecule has 1 aliphatic heterocycles. The fraction of sp³-hybridized carbons (Fsp3) is 0.571. The maximum atomic E-state index is 9.59. The summed E-state index contributed by atoms with van der Waals surface area (Å²) in [6.45, 7) is 0.318. The van der Waals surface area contributed by atoms with E-state index in [-0.39, 0.29) is 5.41 Å². The van der Waals surface area contributed by atoms with Crippen LogP contribution in [0.5, 0.6) is 0 Å². The number of thioether (sulfide) groups is 1. The van der Waals surface area contributed by atoms with Gasteiger partial charge in [0.05, 0.1) is 6.61 Å². The molecule has 1 heterocycles. The second-order valence-electron chi connectivity index (χ2n) is 5.07. The minimum absolute atomic E-state index is 0.108. The lowest BCUT2D eigenvalue weighted by atomic mass is 9.65. The molecule has 0 saturated heterocycles. The summed E-state index contributed by atoms with van der Waals surface area (Å²) in [5, 5.41) is 9.59. The van der Waals surface area contributed by atoms with Crippen LogP contribution >= 0.6 is 11.8 Å². The van der Waals surface area contributed by atoms with Gasteiger partial charge >= 0.3 is 0 Å². The molecule has 16 heavy (non-hydrogen) atoms. The molecule has 1 nitrogen and oxygen atoms in total. The highest BCUT2D eigenvalue weighted by molar-refractivity contribution is 7.99. The summed E-state index contributed by atoms with van der Waals surface area (Å²) in [6, 6.07) is 6.87. The lowest BCUT2D eigenvalue weighted by Crippen LogP contribution is -2.38. The molecule has 0 atom stereocenters. The summed E-state index contributed by atoms with van der Waals surface area (Å²) < 4.78 is 0. The van der Waals surface area contributed by atoms with E-state index < -0.39 is 0 Å². The first-order valence-electron chi connectivity index (χ1n) is 6.21. The van der Waals surface area contributed by atoms with E-state index >= 15 is 0 Å². The van der Waals surface area contributed by atoms with Gasteiger partial charge in [0.25, 0.3) is 0 Å². The average Bonchev–Trinajstić information content (AvgIpc) is 2.28. The van der Waals surface area contributed by atoms with Crippen molar-refractivity contribution in [2.75, 3.05) is 12.4 Å². The number of benzene rings is 1. The molecule has 3 rings (SSSR count). The van der Waals surface area contributed by atoms with E-state index in [2.05, 4.69) is 18.2 Å². The molecule has 1 saturated carbocycles. The van der Waals surface area contributed by atoms with Crippen LogP contribution in [0, 0.1) is 0 Å². The lowest BCUT2D eigenvalue weighted by Gasteiger charge is -2.41. The summed E-state index contributed by atoms with van der Waals surface area (Å²) in [5.74, 6) is 1.26. The molecule has 0 aromatic heterocycles. The van der Waals surface area contributed by atoms with Crippen LogP contribution in [0.15, 0.2) is 23.1 Å². The number of aliphatic hydroxyl groups is 1. The molecular weight excluding hydrogens is 216 g/mol. The van der Waals surface area contributed by atoms with Gasteiger partial charge in [0.15, 0.2) is 0 Å². The third-order valence-electron chi connectivity index (χ3n) is 4.13. The number of aliphatic hydroxyl groups excluding tert-OH is 1. The molecule has 0 radical (unpaired) electrons. The van der Waals surface area contributed by atoms with Crippen molar-refractivity contribution in [3.05, 3.63) is 29.3 Å². The molecule has 1 aromatic carbocycles. The maximum Gasteiger partial charge on any atom is 0.0527 e. The summed E-state index contributed by atoms with van der Waals surface area (Å²) in [7, 11) is 0. The zero-order valence-electron chi connectivity index (χ0n) is 9.54. The van der Waals surface area contributed by atoms with Gasteiger partial charge in [-0.25, -0.2) is 0 Å². The first-order chi connectivity index (χ1) is 7.84. The largest absolute Gasteiger partial charge is 0.395 e. The fourth-order valence-electron chi connectivity index (χ4n) is 2.83. The van der Waals surface area contributed by atoms with Crippen LogP contribution in [-0.4, -0.2) is 17.5 Å². The van der Waals surface area contributed by atoms with Gasteiger partial charge in [0.1, 0.15) is 0 Å². The van der Waals surface area contributed by atoms with Crippen molar-refractivity contribution in [2.24, 2.45) is 0 Å². The van der Waals surface area contributed by atoms with Crippen LogP contribution in [0.3, 0.4) is 0 Å². The second kappa shape index (κ2) is 4.08. The Morgan fingerprint density at radius 2 is 2.12 bits per heavy atom. The summed E-state index contributed by atoms with van der Waals surface area (Å²) in [6.07, 6.45) is 6.11. The molecular formula is C14H18OS. The Balaban J connectivity index is 1.96. The van der Waals surface area contributed by atoms with Crippen LogP contribution in [-0.2, 0) is 11.8 Å². The third kappa shape index (κ3) is 1.59. The molecule has 1 N–H and O–H groups in total. The summed E-state index contributed by atoms with van der Waals surface area (Å²) in [4.78, 5) is 1.46. The van der Waals surface area contributed by atoms with Gasteiger partial charge in [-0.1, -0.05) is 18.6 Å². The second-order valence-corrected chi connectivity index (χ2v) is 6.20. The Morgan fingerprint density at radius 1 is 1.25 bits per heavy atom. The van der Waals surface area contributed by atoms with E-state index in [1.165, 1.54) is 41.0 Å². The zero-order valence-corrected chi connectivity index (χ0v) is 10.4. The van der Waals surface area contributed by atoms with Crippen LogP contribution in [0.4, 0.5) is 0 Å². The van der Waals surface area contributed by atoms with Gasteiger partial charge in [-0.3, -0.25) is 0 Å². The fourth-order valence-corrected chi connectivity index (χ4v) is 3.85. The normalized spacial score (nSPS) is 22.3. The van der Waals surface area contributed by atoms with E-state index in [0.29, 0.717) is 6.61 Å². The Kier molecular flexibility index (Phi) is 2.72. The monoisotopic (exact) mass is 234 g/mol. The van der Waals surface area contributed by atoms with Gasteiger partial charge in [0, 0.05) is 10.3 Å². The first-order valence-corrected chi connectivity index (χ1v) is 7.20. The lowest BCUT2D eigenvalue weighted by molar-refractivity contribution is 0.120. The van der Waals surface area contributed by atoms with Crippen LogP contribution in [0.25, 0.3) is 0 Å². The van der Waals surface area contributed by atoms with Crippen molar-refractivity contribution in [2.45, 2.75) is 42.4 Å². The molecule has 0 bridgehead atoms. The van der Waals surface area contributed by atoms with E-state index in [9.17, 15) is 5.11 Å². The Labute approximate surface area is 101 Å². The smallest absolute Gasteiger partial charge is 0.0527 e. The molecule has 2 heteroatoms. The number of hydrogen-bond acceptors (Lipinski definition) is 2. The standard InChI is InChI=1S/C14H18OS/c15-10-14(6-2-7-14)12-4-5-13-11(9-12)3-1-8-16-13/h4-5,9,15H,1-3,6-8,10H2. The number of hydrogen-bond donors (Lipinski definition) is 1. The van der Waals surface area contributed by atoms with E-state index in [1.807, 2.05) is 11.8 Å². The minimum atomic E-state index is 0.108. The number of fused-ring (bicyclic) bond motifs is 1. The van der Waals surface area contributed by atoms with Gasteiger partial charge in [-0.2, -0.15) is 0 Å². The molecule has 0 spiro atoms. The molecule has 0 unspecified atom stereocenters. The average molecular weight is 234 g/mol. The number of rotatable bonds is 2. The van der Waals surface area contributed by atoms with Gasteiger partial charge in [-0.05, 0) is 48.6 Å². The van der Waals surface area contributed by atoms with Gasteiger partial charge < -0.3 is 5.11 Å². The van der Waals surface area contributed by atoms with Crippen molar-refractivity contribution >= 4 is 11.8 Å². The van der Waals surface area contributed by atoms with Crippen LogP contribution < -0.4 is 0 Å². The van der Waals surface area contributed by atoms with Crippen LogP contribution in [0.1, 0.15) is 36.8 Å². The van der Waals surface area contributed by atoms with E-state index in [1.54, 1.807) is 0 Å². The third-order valence-corrected chi connectivity index (χ3v) is 5.34. The highest BCUT2D eigenvalue weighted by Crippen LogP contribution is 2.44. The van der Waals surface area contributed by atoms with E-state index in [0.717, 1.165) is 12.8 Å².